The maximum atomic E-state index is 10.6. The van der Waals surface area contributed by atoms with E-state index >= 15 is 0 Å². The molecule has 77 valence electrons. The van der Waals surface area contributed by atoms with Gasteiger partial charge in [-0.1, -0.05) is 18.2 Å². The van der Waals surface area contributed by atoms with Crippen molar-refractivity contribution in [3.8, 4) is 0 Å². The fourth-order valence-electron chi connectivity index (χ4n) is 1.56. The molecule has 1 aromatic carbocycles. The summed E-state index contributed by atoms with van der Waals surface area (Å²) >= 11 is 0. The average Bonchev–Trinajstić information content (AvgIpc) is 2.62. The minimum absolute atomic E-state index is 0.315. The molecule has 0 unspecified atom stereocenters. The molecule has 1 aliphatic heterocycles. The van der Waals surface area contributed by atoms with Crippen molar-refractivity contribution in [1.29, 1.82) is 0 Å². The normalized spacial score (nSPS) is 15.1. The van der Waals surface area contributed by atoms with Crippen LogP contribution in [0.3, 0.4) is 0 Å². The van der Waals surface area contributed by atoms with Crippen LogP contribution >= 0.6 is 0 Å². The summed E-state index contributed by atoms with van der Waals surface area (Å²) in [6.07, 6.45) is 2.00. The second-order valence-electron chi connectivity index (χ2n) is 3.45. The maximum absolute atomic E-state index is 10.6. The number of rotatable bonds is 3. The van der Waals surface area contributed by atoms with Crippen molar-refractivity contribution in [1.82, 2.24) is 5.32 Å². The number of nitrogens with two attached hydrogens (primary N) is 1. The molecule has 3 N–H and O–H groups in total. The van der Waals surface area contributed by atoms with Crippen molar-refractivity contribution < 1.29 is 9.90 Å². The SMILES string of the molecule is N[C@@H](CC1=C[N]c2ccccc21)C(=O)O. The topological polar surface area (TPSA) is 77.4 Å². The Labute approximate surface area is 87.4 Å². The molecule has 1 radical (unpaired) electrons. The number of nitrogens with zero attached hydrogens (tertiary/aromatic N) is 1. The van der Waals surface area contributed by atoms with Crippen LogP contribution in [-0.4, -0.2) is 17.1 Å². The van der Waals surface area contributed by atoms with E-state index in [1.54, 1.807) is 6.20 Å². The average molecular weight is 203 g/mol. The first-order chi connectivity index (χ1) is 7.18. The number of hydrogen-bond donors (Lipinski definition) is 2. The zero-order chi connectivity index (χ0) is 10.8. The zero-order valence-corrected chi connectivity index (χ0v) is 8.05. The lowest BCUT2D eigenvalue weighted by atomic mass is 10.0. The Hall–Kier alpha value is -1.81. The molecule has 4 heteroatoms. The molecule has 4 nitrogen and oxygen atoms in total. The van der Waals surface area contributed by atoms with Gasteiger partial charge >= 0.3 is 5.97 Å². The van der Waals surface area contributed by atoms with Crippen molar-refractivity contribution in [2.75, 3.05) is 0 Å². The van der Waals surface area contributed by atoms with Crippen LogP contribution in [-0.2, 0) is 4.79 Å². The Morgan fingerprint density at radius 1 is 1.47 bits per heavy atom. The third-order valence-electron chi connectivity index (χ3n) is 2.37. The van der Waals surface area contributed by atoms with Gasteiger partial charge < -0.3 is 10.8 Å². The highest BCUT2D eigenvalue weighted by Gasteiger charge is 2.20. The molecule has 1 aromatic rings. The standard InChI is InChI=1S/C11H11N2O2/c12-9(11(14)15)5-7-6-13-10-4-2-1-3-8(7)10/h1-4,6,9H,5,12H2,(H,14,15)/t9-/m0/s1. The Morgan fingerprint density at radius 3 is 2.93 bits per heavy atom. The van der Waals surface area contributed by atoms with E-state index < -0.39 is 12.0 Å². The number of para-hydroxylation sites is 1. The molecule has 0 fully saturated rings. The largest absolute Gasteiger partial charge is 0.480 e. The van der Waals surface area contributed by atoms with Crippen molar-refractivity contribution in [3.05, 3.63) is 36.0 Å². The van der Waals surface area contributed by atoms with Gasteiger partial charge in [0, 0.05) is 18.2 Å². The first-order valence-electron chi connectivity index (χ1n) is 4.66. The summed E-state index contributed by atoms with van der Waals surface area (Å²) in [7, 11) is 0. The number of fused-ring (bicyclic) bond motifs is 1. The van der Waals surface area contributed by atoms with Gasteiger partial charge in [0.2, 0.25) is 0 Å². The van der Waals surface area contributed by atoms with Crippen molar-refractivity contribution in [2.45, 2.75) is 12.5 Å². The predicted octanol–water partition coefficient (Wildman–Crippen LogP) is 1.08. The molecule has 15 heavy (non-hydrogen) atoms. The van der Waals surface area contributed by atoms with Crippen LogP contribution in [0, 0.1) is 0 Å². The van der Waals surface area contributed by atoms with E-state index in [-0.39, 0.29) is 0 Å². The molecule has 1 heterocycles. The second kappa shape index (κ2) is 3.74. The lowest BCUT2D eigenvalue weighted by Gasteiger charge is -2.07. The van der Waals surface area contributed by atoms with Gasteiger partial charge in [0.15, 0.2) is 0 Å². The monoisotopic (exact) mass is 203 g/mol. The van der Waals surface area contributed by atoms with Gasteiger partial charge in [-0.25, -0.2) is 0 Å². The molecule has 1 aliphatic rings. The molecule has 0 aliphatic carbocycles. The first-order valence-corrected chi connectivity index (χ1v) is 4.66. The molecular formula is C11H11N2O2. The predicted molar refractivity (Wildman–Crippen MR) is 56.4 cm³/mol. The molecule has 0 saturated carbocycles. The van der Waals surface area contributed by atoms with Crippen molar-refractivity contribution >= 4 is 17.2 Å². The van der Waals surface area contributed by atoms with Crippen LogP contribution < -0.4 is 11.1 Å². The smallest absolute Gasteiger partial charge is 0.320 e. The van der Waals surface area contributed by atoms with Gasteiger partial charge in [-0.3, -0.25) is 10.1 Å². The van der Waals surface area contributed by atoms with E-state index in [0.29, 0.717) is 6.42 Å². The van der Waals surface area contributed by atoms with Gasteiger partial charge in [0.05, 0.1) is 5.69 Å². The van der Waals surface area contributed by atoms with E-state index in [1.807, 2.05) is 24.3 Å². The van der Waals surface area contributed by atoms with Gasteiger partial charge in [0.25, 0.3) is 0 Å². The highest BCUT2D eigenvalue weighted by Crippen LogP contribution is 2.32. The molecule has 1 atom stereocenters. The molecule has 0 aromatic heterocycles. The fourth-order valence-corrected chi connectivity index (χ4v) is 1.56. The molecule has 0 amide bonds. The highest BCUT2D eigenvalue weighted by atomic mass is 16.4. The number of benzene rings is 1. The molecule has 0 bridgehead atoms. The Bertz CT molecular complexity index is 426. The molecule has 0 saturated heterocycles. The van der Waals surface area contributed by atoms with Gasteiger partial charge in [0.1, 0.15) is 6.04 Å². The summed E-state index contributed by atoms with van der Waals surface area (Å²) in [5, 5.41) is 12.9. The Balaban J connectivity index is 2.17. The third kappa shape index (κ3) is 1.85. The van der Waals surface area contributed by atoms with E-state index in [2.05, 4.69) is 5.32 Å². The van der Waals surface area contributed by atoms with E-state index in [1.165, 1.54) is 0 Å². The van der Waals surface area contributed by atoms with Crippen LogP contribution in [0.2, 0.25) is 0 Å². The summed E-state index contributed by atoms with van der Waals surface area (Å²) in [6, 6.07) is 6.76. The van der Waals surface area contributed by atoms with Crippen LogP contribution in [0.15, 0.2) is 30.5 Å². The van der Waals surface area contributed by atoms with Crippen LogP contribution in [0.25, 0.3) is 5.57 Å². The van der Waals surface area contributed by atoms with Gasteiger partial charge in [-0.2, -0.15) is 0 Å². The first kappa shape index (κ1) is 9.73. The number of carboxylic acid groups (broad SMARTS) is 1. The highest BCUT2D eigenvalue weighted by molar-refractivity contribution is 5.83. The Morgan fingerprint density at radius 2 is 2.20 bits per heavy atom. The summed E-state index contributed by atoms with van der Waals surface area (Å²) in [6.45, 7) is 0. The van der Waals surface area contributed by atoms with E-state index in [0.717, 1.165) is 16.8 Å². The van der Waals surface area contributed by atoms with Crippen molar-refractivity contribution in [3.63, 3.8) is 0 Å². The Kier molecular flexibility index (Phi) is 2.43. The summed E-state index contributed by atoms with van der Waals surface area (Å²) in [5.74, 6) is -0.986. The van der Waals surface area contributed by atoms with Gasteiger partial charge in [-0.05, 0) is 11.6 Å². The molecular weight excluding hydrogens is 192 g/mol. The second-order valence-corrected chi connectivity index (χ2v) is 3.45. The lowest BCUT2D eigenvalue weighted by molar-refractivity contribution is -0.138. The van der Waals surface area contributed by atoms with Crippen molar-refractivity contribution in [2.24, 2.45) is 5.73 Å². The van der Waals surface area contributed by atoms with E-state index in [4.69, 9.17) is 10.8 Å². The minimum Gasteiger partial charge on any atom is -0.480 e. The quantitative estimate of drug-likeness (QED) is 0.771. The van der Waals surface area contributed by atoms with Gasteiger partial charge in [-0.15, -0.1) is 0 Å². The summed E-state index contributed by atoms with van der Waals surface area (Å²) < 4.78 is 0. The number of carboxylic acids is 1. The summed E-state index contributed by atoms with van der Waals surface area (Å²) in [5.41, 5.74) is 8.22. The fraction of sp³-hybridized carbons (Fsp3) is 0.182. The summed E-state index contributed by atoms with van der Waals surface area (Å²) in [4.78, 5) is 10.6. The zero-order valence-electron chi connectivity index (χ0n) is 8.05. The number of carbonyl (C=O) groups is 1. The minimum atomic E-state index is -0.986. The number of aliphatic carboxylic acids is 1. The van der Waals surface area contributed by atoms with Crippen LogP contribution in [0.4, 0.5) is 5.69 Å². The molecule has 0 spiro atoms. The maximum Gasteiger partial charge on any atom is 0.320 e. The third-order valence-corrected chi connectivity index (χ3v) is 2.37. The number of hydrogen-bond acceptors (Lipinski definition) is 2. The molecule has 2 rings (SSSR count). The van der Waals surface area contributed by atoms with E-state index in [9.17, 15) is 4.79 Å². The van der Waals surface area contributed by atoms with Crippen LogP contribution in [0.1, 0.15) is 12.0 Å². The van der Waals surface area contributed by atoms with Crippen LogP contribution in [0.5, 0.6) is 0 Å². The lowest BCUT2D eigenvalue weighted by Crippen LogP contribution is -2.30.